The summed E-state index contributed by atoms with van der Waals surface area (Å²) in [7, 11) is 5.05. The number of allylic oxidation sites excluding steroid dienone is 1. The predicted molar refractivity (Wildman–Crippen MR) is 196 cm³/mol. The number of benzene rings is 3. The van der Waals surface area contributed by atoms with Crippen LogP contribution in [0.1, 0.15) is 68.5 Å². The summed E-state index contributed by atoms with van der Waals surface area (Å²) in [4.78, 5) is 44.7. The van der Waals surface area contributed by atoms with Crippen molar-refractivity contribution < 1.29 is 43.3 Å². The largest absolute Gasteiger partial charge is 0.508 e. The van der Waals surface area contributed by atoms with Crippen LogP contribution >= 0.6 is 0 Å². The number of aliphatic hydroxyl groups is 2. The molecule has 1 aromatic heterocycles. The maximum atomic E-state index is 14.9. The molecule has 4 aliphatic rings. The number of carbonyl (C=O) groups is 3. The maximum Gasteiger partial charge on any atom is 0.265 e. The molecular weight excluding hydrogens is 692 g/mol. The first-order valence-corrected chi connectivity index (χ1v) is 18.1. The topological polar surface area (TPSA) is 173 Å². The second-order valence-corrected chi connectivity index (χ2v) is 14.6. The smallest absolute Gasteiger partial charge is 0.265 e. The molecule has 0 bridgehead atoms. The molecule has 4 aromatic rings. The van der Waals surface area contributed by atoms with Crippen LogP contribution in [0.2, 0.25) is 0 Å². The van der Waals surface area contributed by atoms with Crippen molar-refractivity contribution in [3.05, 3.63) is 112 Å². The number of ketones is 2. The number of nitrogens with zero attached hydrogens (tertiary/aromatic N) is 2. The van der Waals surface area contributed by atoms with E-state index >= 15 is 0 Å². The van der Waals surface area contributed by atoms with E-state index in [1.165, 1.54) is 7.11 Å². The van der Waals surface area contributed by atoms with Crippen LogP contribution < -0.4 is 24.8 Å². The third-order valence-electron chi connectivity index (χ3n) is 11.1. The second kappa shape index (κ2) is 14.0. The molecule has 1 amide bonds. The van der Waals surface area contributed by atoms with Crippen LogP contribution in [-0.2, 0) is 24.4 Å². The lowest BCUT2D eigenvalue weighted by Gasteiger charge is -2.49. The van der Waals surface area contributed by atoms with Crippen LogP contribution in [-0.4, -0.2) is 77.1 Å². The SMILES string of the molecule is COc1cc(NC(=O)[C@@H]2CCCN2)c(OCc2ccccc2)c2c1C[C@H]1C[C@H]3[C@H](N(C)C)c4onc(OCc5ccccc5)c4C(=O)[C@@]3(O)C(O)=C1C2=O. The minimum Gasteiger partial charge on any atom is -0.508 e. The molecule has 8 rings (SSSR count). The number of carbonyl (C=O) groups excluding carboxylic acids is 3. The van der Waals surface area contributed by atoms with Gasteiger partial charge in [-0.2, -0.15) is 0 Å². The number of ether oxygens (including phenoxy) is 3. The van der Waals surface area contributed by atoms with Crippen molar-refractivity contribution in [3.8, 4) is 17.4 Å². The van der Waals surface area contributed by atoms with Crippen molar-refractivity contribution in [2.75, 3.05) is 33.1 Å². The number of amides is 1. The van der Waals surface area contributed by atoms with Gasteiger partial charge in [0.1, 0.15) is 30.3 Å². The van der Waals surface area contributed by atoms with E-state index in [0.717, 1.165) is 17.5 Å². The first-order valence-electron chi connectivity index (χ1n) is 18.1. The Morgan fingerprint density at radius 3 is 2.35 bits per heavy atom. The van der Waals surface area contributed by atoms with E-state index in [9.17, 15) is 24.6 Å². The van der Waals surface area contributed by atoms with Crippen molar-refractivity contribution in [3.63, 3.8) is 0 Å². The fourth-order valence-electron chi connectivity index (χ4n) is 8.56. The highest BCUT2D eigenvalue weighted by molar-refractivity contribution is 6.17. The number of hydrogen-bond donors (Lipinski definition) is 4. The fourth-order valence-corrected chi connectivity index (χ4v) is 8.56. The van der Waals surface area contributed by atoms with E-state index in [2.05, 4.69) is 15.8 Å². The first kappa shape index (κ1) is 35.5. The number of nitrogens with one attached hydrogen (secondary N) is 2. The number of anilines is 1. The van der Waals surface area contributed by atoms with E-state index in [0.29, 0.717) is 24.3 Å². The number of Topliss-reactive ketones (excluding diaryl/α,β-unsaturated/α-hetero) is 2. The van der Waals surface area contributed by atoms with Gasteiger partial charge in [-0.05, 0) is 68.5 Å². The Labute approximate surface area is 311 Å². The quantitative estimate of drug-likeness (QED) is 0.173. The Bertz CT molecular complexity index is 2140. The minimum atomic E-state index is -2.51. The van der Waals surface area contributed by atoms with Crippen molar-refractivity contribution in [1.82, 2.24) is 15.4 Å². The number of aromatic nitrogens is 1. The molecule has 0 radical (unpaired) electrons. The van der Waals surface area contributed by atoms with Gasteiger partial charge in [0.25, 0.3) is 5.88 Å². The third-order valence-corrected chi connectivity index (χ3v) is 11.1. The van der Waals surface area contributed by atoms with Gasteiger partial charge >= 0.3 is 0 Å². The first-order chi connectivity index (χ1) is 26.1. The minimum absolute atomic E-state index is 0.0724. The lowest BCUT2D eigenvalue weighted by molar-refractivity contribution is -0.117. The summed E-state index contributed by atoms with van der Waals surface area (Å²) in [5.74, 6) is -3.46. The Morgan fingerprint density at radius 1 is 1.04 bits per heavy atom. The van der Waals surface area contributed by atoms with Crippen molar-refractivity contribution in [2.45, 2.75) is 56.6 Å². The van der Waals surface area contributed by atoms with Gasteiger partial charge in [0.15, 0.2) is 22.9 Å². The Morgan fingerprint density at radius 2 is 1.72 bits per heavy atom. The van der Waals surface area contributed by atoms with Gasteiger partial charge in [-0.15, -0.1) is 0 Å². The van der Waals surface area contributed by atoms with Gasteiger partial charge in [-0.1, -0.05) is 60.7 Å². The highest BCUT2D eigenvalue weighted by Gasteiger charge is 2.64. The average molecular weight is 735 g/mol. The molecule has 5 atom stereocenters. The fraction of sp³-hybridized carbons (Fsp3) is 0.366. The molecular formula is C41H42N4O9. The van der Waals surface area contributed by atoms with E-state index < -0.39 is 46.8 Å². The summed E-state index contributed by atoms with van der Waals surface area (Å²) in [6.45, 7) is 0.864. The van der Waals surface area contributed by atoms with Gasteiger partial charge in [-0.25, -0.2) is 0 Å². The Kier molecular flexibility index (Phi) is 9.24. The highest BCUT2D eigenvalue weighted by Crippen LogP contribution is 2.57. The van der Waals surface area contributed by atoms with E-state index in [1.54, 1.807) is 25.1 Å². The predicted octanol–water partition coefficient (Wildman–Crippen LogP) is 4.95. The van der Waals surface area contributed by atoms with E-state index in [1.807, 2.05) is 60.7 Å². The average Bonchev–Trinajstić information content (AvgIpc) is 3.87. The summed E-state index contributed by atoms with van der Waals surface area (Å²) in [6, 6.07) is 19.2. The molecule has 1 aliphatic heterocycles. The van der Waals surface area contributed by atoms with Gasteiger partial charge in [0.05, 0.1) is 30.4 Å². The Hall–Kier alpha value is -5.50. The molecule has 13 heteroatoms. The molecule has 3 aliphatic carbocycles. The number of aliphatic hydroxyl groups excluding tert-OH is 1. The van der Waals surface area contributed by atoms with Crippen LogP contribution in [0.15, 0.2) is 82.6 Å². The third kappa shape index (κ3) is 5.83. The van der Waals surface area contributed by atoms with Crippen LogP contribution in [0.25, 0.3) is 0 Å². The Balaban J connectivity index is 1.23. The van der Waals surface area contributed by atoms with Gasteiger partial charge in [0, 0.05) is 23.1 Å². The zero-order valence-electron chi connectivity index (χ0n) is 30.3. The van der Waals surface area contributed by atoms with Crippen LogP contribution in [0.3, 0.4) is 0 Å². The molecule has 280 valence electrons. The van der Waals surface area contributed by atoms with Crippen LogP contribution in [0.5, 0.6) is 17.4 Å². The summed E-state index contributed by atoms with van der Waals surface area (Å²) in [6.07, 6.45) is 1.87. The number of methoxy groups -OCH3 is 1. The highest BCUT2D eigenvalue weighted by atomic mass is 16.5. The lowest BCUT2D eigenvalue weighted by atomic mass is 9.58. The van der Waals surface area contributed by atoms with E-state index in [4.69, 9.17) is 18.7 Å². The molecule has 0 unspecified atom stereocenters. The standard InChI is InChI=1S/C41H42N4O9/c1-45(2)33-26-18-24-17-25-29(51-3)19-28(43-39(49)27-15-10-16-42-27)35(52-20-22-11-6-4-7-12-22)31(25)34(46)30(24)37(47)41(26,50)38(48)32-36(33)54-44-40(32)53-21-23-13-8-5-9-14-23/h4-9,11-14,19,24,26-27,33,42,47,50H,10,15-18,20-21H2,1-3H3,(H,43,49)/t24-,26-,27-,33-,41-/m0/s1. The van der Waals surface area contributed by atoms with Gasteiger partial charge in [-0.3, -0.25) is 19.3 Å². The van der Waals surface area contributed by atoms with E-state index in [-0.39, 0.29) is 71.7 Å². The van der Waals surface area contributed by atoms with Crippen LogP contribution in [0.4, 0.5) is 5.69 Å². The molecule has 1 saturated heterocycles. The summed E-state index contributed by atoms with van der Waals surface area (Å²) in [5.41, 5.74) is -0.178. The maximum absolute atomic E-state index is 14.9. The summed E-state index contributed by atoms with van der Waals surface area (Å²) in [5, 5.41) is 35.0. The zero-order valence-corrected chi connectivity index (χ0v) is 30.3. The molecule has 1 fully saturated rings. The monoisotopic (exact) mass is 734 g/mol. The van der Waals surface area contributed by atoms with Gasteiger partial charge in [0.2, 0.25) is 11.7 Å². The molecule has 2 heterocycles. The van der Waals surface area contributed by atoms with Crippen molar-refractivity contribution >= 4 is 23.2 Å². The molecule has 0 saturated carbocycles. The summed E-state index contributed by atoms with van der Waals surface area (Å²) >= 11 is 0. The van der Waals surface area contributed by atoms with Gasteiger partial charge < -0.3 is 39.6 Å². The number of rotatable bonds is 10. The zero-order chi connectivity index (χ0) is 37.7. The normalized spacial score (nSPS) is 24.4. The van der Waals surface area contributed by atoms with Crippen LogP contribution in [0, 0.1) is 11.8 Å². The lowest BCUT2D eigenvalue weighted by Crippen LogP contribution is -2.59. The second-order valence-electron chi connectivity index (χ2n) is 14.6. The molecule has 13 nitrogen and oxygen atoms in total. The molecule has 4 N–H and O–H groups in total. The summed E-state index contributed by atoms with van der Waals surface area (Å²) < 4.78 is 24.0. The van der Waals surface area contributed by atoms with Crippen molar-refractivity contribution in [2.24, 2.45) is 11.8 Å². The number of fused-ring (bicyclic) bond motifs is 4. The number of hydrogen-bond acceptors (Lipinski definition) is 12. The molecule has 54 heavy (non-hydrogen) atoms. The molecule has 3 aromatic carbocycles. The van der Waals surface area contributed by atoms with Crippen molar-refractivity contribution in [1.29, 1.82) is 0 Å². The molecule has 0 spiro atoms.